The zero-order valence-electron chi connectivity index (χ0n) is 7.34. The lowest BCUT2D eigenvalue weighted by molar-refractivity contribution is 0.448. The number of H-pyrrole nitrogens is 1. The van der Waals surface area contributed by atoms with Crippen molar-refractivity contribution in [3.05, 3.63) is 40.8 Å². The summed E-state index contributed by atoms with van der Waals surface area (Å²) in [5, 5.41) is 14.2. The molecule has 0 saturated carbocycles. The highest BCUT2D eigenvalue weighted by Crippen LogP contribution is 2.02. The van der Waals surface area contributed by atoms with Crippen LogP contribution in [0.5, 0.6) is 0 Å². The highest BCUT2D eigenvalue weighted by molar-refractivity contribution is 6.13. The standard InChI is InChI=1S/C8H6N2O.BH3O2/c11-8-5-9-6-3-1-2-4-7(6)10-8;2-1-3/h1-5H,(H,10,11);1-3H. The van der Waals surface area contributed by atoms with E-state index in [1.54, 1.807) is 0 Å². The predicted molar refractivity (Wildman–Crippen MR) is 54.0 cm³/mol. The number of hydrogen-bond donors (Lipinski definition) is 3. The second kappa shape index (κ2) is 5.16. The van der Waals surface area contributed by atoms with Crippen LogP contribution in [-0.4, -0.2) is 27.7 Å². The quantitative estimate of drug-likeness (QED) is 0.475. The molecular formula is C8H9BN2O3. The molecule has 0 spiro atoms. The molecule has 1 aromatic carbocycles. The molecule has 6 heteroatoms. The molecule has 5 nitrogen and oxygen atoms in total. The summed E-state index contributed by atoms with van der Waals surface area (Å²) in [5.41, 5.74) is 1.43. The maximum Gasteiger partial charge on any atom is 0.432 e. The van der Waals surface area contributed by atoms with Gasteiger partial charge >= 0.3 is 7.69 Å². The molecule has 0 amide bonds. The monoisotopic (exact) mass is 192 g/mol. The number of hydrogen-bond acceptors (Lipinski definition) is 4. The van der Waals surface area contributed by atoms with Gasteiger partial charge in [0.05, 0.1) is 17.2 Å². The number of aromatic amines is 1. The molecule has 72 valence electrons. The van der Waals surface area contributed by atoms with Gasteiger partial charge in [-0.1, -0.05) is 12.1 Å². The SMILES string of the molecule is O=c1cnc2ccccc2[nH]1.OBO. The molecule has 3 N–H and O–H groups in total. The van der Waals surface area contributed by atoms with Gasteiger partial charge in [0.25, 0.3) is 5.56 Å². The fourth-order valence-electron chi connectivity index (χ4n) is 0.985. The summed E-state index contributed by atoms with van der Waals surface area (Å²) in [6.07, 6.45) is 1.28. The fourth-order valence-corrected chi connectivity index (χ4v) is 0.985. The van der Waals surface area contributed by atoms with Crippen molar-refractivity contribution in [1.29, 1.82) is 0 Å². The molecule has 1 heterocycles. The van der Waals surface area contributed by atoms with E-state index in [1.165, 1.54) is 6.20 Å². The summed E-state index contributed by atoms with van der Waals surface area (Å²) < 4.78 is 0. The minimum Gasteiger partial charge on any atom is -0.430 e. The van der Waals surface area contributed by atoms with Gasteiger partial charge in [-0.15, -0.1) is 0 Å². The maximum absolute atomic E-state index is 10.8. The van der Waals surface area contributed by atoms with Crippen molar-refractivity contribution in [2.24, 2.45) is 0 Å². The van der Waals surface area contributed by atoms with E-state index in [4.69, 9.17) is 10.0 Å². The van der Waals surface area contributed by atoms with Crippen LogP contribution in [0.4, 0.5) is 0 Å². The Balaban J connectivity index is 0.000000293. The summed E-state index contributed by atoms with van der Waals surface area (Å²) in [5.74, 6) is 0. The second-order valence-corrected chi connectivity index (χ2v) is 2.41. The zero-order chi connectivity index (χ0) is 10.4. The summed E-state index contributed by atoms with van der Waals surface area (Å²) in [4.78, 5) is 17.4. The normalized spacial score (nSPS) is 9.00. The molecule has 1 aromatic heterocycles. The molecule has 0 unspecified atom stereocenters. The Morgan fingerprint density at radius 3 is 2.64 bits per heavy atom. The average Bonchev–Trinajstić information content (AvgIpc) is 2.19. The summed E-state index contributed by atoms with van der Waals surface area (Å²) in [6, 6.07) is 7.42. The molecule has 14 heavy (non-hydrogen) atoms. The van der Waals surface area contributed by atoms with Crippen molar-refractivity contribution >= 4 is 18.7 Å². The molecule has 0 fully saturated rings. The first kappa shape index (κ1) is 10.4. The lowest BCUT2D eigenvalue weighted by Gasteiger charge is -1.92. The van der Waals surface area contributed by atoms with E-state index < -0.39 is 7.69 Å². The van der Waals surface area contributed by atoms with E-state index in [9.17, 15) is 4.79 Å². The summed E-state index contributed by atoms with van der Waals surface area (Å²) in [6.45, 7) is 0. The molecule has 0 aliphatic rings. The summed E-state index contributed by atoms with van der Waals surface area (Å²) >= 11 is 0. The van der Waals surface area contributed by atoms with Gasteiger partial charge in [-0.25, -0.2) is 4.98 Å². The minimum atomic E-state index is -0.750. The van der Waals surface area contributed by atoms with E-state index in [1.807, 2.05) is 24.3 Å². The third-order valence-corrected chi connectivity index (χ3v) is 1.48. The Labute approximate surface area is 80.4 Å². The number of para-hydroxylation sites is 2. The van der Waals surface area contributed by atoms with Gasteiger partial charge in [0.1, 0.15) is 0 Å². The first-order valence-corrected chi connectivity index (χ1v) is 3.93. The van der Waals surface area contributed by atoms with Gasteiger partial charge in [0.15, 0.2) is 0 Å². The van der Waals surface area contributed by atoms with Crippen LogP contribution in [0.1, 0.15) is 0 Å². The van der Waals surface area contributed by atoms with Crippen molar-refractivity contribution in [2.75, 3.05) is 0 Å². The van der Waals surface area contributed by atoms with E-state index in [-0.39, 0.29) is 5.56 Å². The van der Waals surface area contributed by atoms with Crippen molar-refractivity contribution in [3.8, 4) is 0 Å². The lowest BCUT2D eigenvalue weighted by Crippen LogP contribution is -2.04. The lowest BCUT2D eigenvalue weighted by atomic mass is 10.3. The van der Waals surface area contributed by atoms with Crippen LogP contribution in [0.3, 0.4) is 0 Å². The third-order valence-electron chi connectivity index (χ3n) is 1.48. The Hall–Kier alpha value is -1.66. The Morgan fingerprint density at radius 2 is 1.93 bits per heavy atom. The predicted octanol–water partition coefficient (Wildman–Crippen LogP) is -0.839. The van der Waals surface area contributed by atoms with E-state index in [0.29, 0.717) is 0 Å². The van der Waals surface area contributed by atoms with E-state index in [2.05, 4.69) is 9.97 Å². The number of nitrogens with one attached hydrogen (secondary N) is 1. The molecule has 0 aliphatic carbocycles. The smallest absolute Gasteiger partial charge is 0.430 e. The van der Waals surface area contributed by atoms with Gasteiger partial charge in [-0.3, -0.25) is 4.79 Å². The van der Waals surface area contributed by atoms with Crippen molar-refractivity contribution < 1.29 is 10.0 Å². The van der Waals surface area contributed by atoms with Crippen LogP contribution in [-0.2, 0) is 0 Å². The number of aromatic nitrogens is 2. The van der Waals surface area contributed by atoms with Crippen LogP contribution in [0.2, 0.25) is 0 Å². The van der Waals surface area contributed by atoms with E-state index in [0.717, 1.165) is 11.0 Å². The van der Waals surface area contributed by atoms with Gasteiger partial charge in [-0.05, 0) is 12.1 Å². The molecule has 2 rings (SSSR count). The van der Waals surface area contributed by atoms with Crippen LogP contribution in [0, 0.1) is 0 Å². The fraction of sp³-hybridized carbons (Fsp3) is 0. The van der Waals surface area contributed by atoms with Gasteiger partial charge in [0, 0.05) is 0 Å². The van der Waals surface area contributed by atoms with Crippen LogP contribution < -0.4 is 5.56 Å². The average molecular weight is 192 g/mol. The van der Waals surface area contributed by atoms with Crippen molar-refractivity contribution in [3.63, 3.8) is 0 Å². The van der Waals surface area contributed by atoms with Crippen LogP contribution in [0.15, 0.2) is 35.3 Å². The third kappa shape index (κ3) is 2.68. The van der Waals surface area contributed by atoms with Gasteiger partial charge in [-0.2, -0.15) is 0 Å². The molecule has 0 aliphatic heterocycles. The molecule has 0 radical (unpaired) electrons. The van der Waals surface area contributed by atoms with Gasteiger partial charge in [0.2, 0.25) is 0 Å². The van der Waals surface area contributed by atoms with Crippen LogP contribution >= 0.6 is 0 Å². The topological polar surface area (TPSA) is 86.2 Å². The van der Waals surface area contributed by atoms with Gasteiger partial charge < -0.3 is 15.0 Å². The van der Waals surface area contributed by atoms with Crippen LogP contribution in [0.25, 0.3) is 11.0 Å². The number of nitrogens with zero attached hydrogens (tertiary/aromatic N) is 1. The highest BCUT2D eigenvalue weighted by atomic mass is 16.4. The number of benzene rings is 1. The number of fused-ring (bicyclic) bond motifs is 1. The highest BCUT2D eigenvalue weighted by Gasteiger charge is 1.90. The first-order chi connectivity index (χ1) is 6.77. The van der Waals surface area contributed by atoms with Crippen molar-refractivity contribution in [1.82, 2.24) is 9.97 Å². The largest absolute Gasteiger partial charge is 0.432 e. The zero-order valence-corrected chi connectivity index (χ0v) is 7.34. The van der Waals surface area contributed by atoms with E-state index >= 15 is 0 Å². The Morgan fingerprint density at radius 1 is 1.29 bits per heavy atom. The molecule has 0 bridgehead atoms. The first-order valence-electron chi connectivity index (χ1n) is 3.93. The maximum atomic E-state index is 10.8. The Kier molecular flexibility index (Phi) is 3.84. The molecular weight excluding hydrogens is 183 g/mol. The minimum absolute atomic E-state index is 0.163. The van der Waals surface area contributed by atoms with Crippen molar-refractivity contribution in [2.45, 2.75) is 0 Å². The Bertz CT molecular complexity index is 457. The molecule has 0 atom stereocenters. The number of rotatable bonds is 0. The molecule has 0 saturated heterocycles. The second-order valence-electron chi connectivity index (χ2n) is 2.41. The summed E-state index contributed by atoms with van der Waals surface area (Å²) in [7, 11) is -0.750. The molecule has 2 aromatic rings.